The molecule has 0 atom stereocenters. The number of nitrogens with zero attached hydrogens (tertiary/aromatic N) is 2. The zero-order valence-corrected chi connectivity index (χ0v) is 17.6. The summed E-state index contributed by atoms with van der Waals surface area (Å²) in [4.78, 5) is 28.1. The van der Waals surface area contributed by atoms with Crippen molar-refractivity contribution in [1.82, 2.24) is 19.9 Å². The molecule has 0 unspecified atom stereocenters. The molecule has 2 aromatic rings. The van der Waals surface area contributed by atoms with E-state index >= 15 is 0 Å². The first kappa shape index (κ1) is 22.5. The lowest BCUT2D eigenvalue weighted by Gasteiger charge is -2.21. The molecule has 0 bridgehead atoms. The molecule has 0 fully saturated rings. The third kappa shape index (κ3) is 6.37. The van der Waals surface area contributed by atoms with Gasteiger partial charge in [0.15, 0.2) is 0 Å². The smallest absolute Gasteiger partial charge is 0.251 e. The van der Waals surface area contributed by atoms with Crippen LogP contribution in [0.1, 0.15) is 36.2 Å². The molecule has 0 saturated carbocycles. The summed E-state index contributed by atoms with van der Waals surface area (Å²) in [6.07, 6.45) is 3.45. The molecule has 1 aromatic heterocycles. The molecule has 0 aliphatic heterocycles. The second-order valence-electron chi connectivity index (χ2n) is 6.78. The fourth-order valence-corrected chi connectivity index (χ4v) is 3.77. The van der Waals surface area contributed by atoms with Crippen molar-refractivity contribution in [3.8, 4) is 0 Å². The van der Waals surface area contributed by atoms with E-state index in [4.69, 9.17) is 0 Å². The molecule has 9 heteroatoms. The van der Waals surface area contributed by atoms with Crippen LogP contribution in [0.4, 0.5) is 0 Å². The quantitative estimate of drug-likeness (QED) is 0.642. The second-order valence-corrected chi connectivity index (χ2v) is 8.77. The van der Waals surface area contributed by atoms with Gasteiger partial charge in [-0.3, -0.25) is 14.6 Å². The van der Waals surface area contributed by atoms with Gasteiger partial charge in [-0.05, 0) is 55.8 Å². The van der Waals surface area contributed by atoms with E-state index in [1.54, 1.807) is 26.2 Å². The lowest BCUT2D eigenvalue weighted by molar-refractivity contribution is -0.121. The van der Waals surface area contributed by atoms with Crippen LogP contribution in [0.3, 0.4) is 0 Å². The molecule has 0 spiro atoms. The first-order chi connectivity index (χ1) is 13.7. The SMILES string of the molecule is CC(C)N(C)S(=O)(=O)c1ccc(C(=O)NCCC(=O)NCc2ccncc2)cc1. The van der Waals surface area contributed by atoms with Crippen LogP contribution in [-0.2, 0) is 21.4 Å². The second kappa shape index (κ2) is 10.1. The van der Waals surface area contributed by atoms with Gasteiger partial charge in [-0.2, -0.15) is 4.31 Å². The van der Waals surface area contributed by atoms with Crippen molar-refractivity contribution in [1.29, 1.82) is 0 Å². The topological polar surface area (TPSA) is 108 Å². The van der Waals surface area contributed by atoms with Crippen LogP contribution in [0.15, 0.2) is 53.7 Å². The number of hydrogen-bond acceptors (Lipinski definition) is 5. The van der Waals surface area contributed by atoms with Gasteiger partial charge in [0.25, 0.3) is 5.91 Å². The number of benzene rings is 1. The first-order valence-electron chi connectivity index (χ1n) is 9.23. The normalized spacial score (nSPS) is 11.5. The van der Waals surface area contributed by atoms with Crippen molar-refractivity contribution in [2.45, 2.75) is 37.8 Å². The van der Waals surface area contributed by atoms with Crippen molar-refractivity contribution in [3.05, 3.63) is 59.9 Å². The minimum atomic E-state index is -3.59. The maximum atomic E-state index is 12.4. The zero-order chi connectivity index (χ0) is 21.4. The van der Waals surface area contributed by atoms with Crippen LogP contribution in [0.2, 0.25) is 0 Å². The molecule has 2 rings (SSSR count). The Kier molecular flexibility index (Phi) is 7.86. The van der Waals surface area contributed by atoms with Gasteiger partial charge in [0, 0.05) is 50.6 Å². The van der Waals surface area contributed by atoms with Gasteiger partial charge in [0.1, 0.15) is 0 Å². The highest BCUT2D eigenvalue weighted by Crippen LogP contribution is 2.17. The van der Waals surface area contributed by atoms with E-state index in [9.17, 15) is 18.0 Å². The number of nitrogens with one attached hydrogen (secondary N) is 2. The molecule has 29 heavy (non-hydrogen) atoms. The van der Waals surface area contributed by atoms with E-state index in [0.29, 0.717) is 12.1 Å². The van der Waals surface area contributed by atoms with Crippen LogP contribution < -0.4 is 10.6 Å². The standard InChI is InChI=1S/C20H26N4O4S/c1-15(2)24(3)29(27,28)18-6-4-17(5-7-18)20(26)22-13-10-19(25)23-14-16-8-11-21-12-9-16/h4-9,11-12,15H,10,13-14H2,1-3H3,(H,22,26)(H,23,25). The van der Waals surface area contributed by atoms with Gasteiger partial charge >= 0.3 is 0 Å². The van der Waals surface area contributed by atoms with Crippen molar-refractivity contribution in [3.63, 3.8) is 0 Å². The maximum absolute atomic E-state index is 12.4. The van der Waals surface area contributed by atoms with Gasteiger partial charge < -0.3 is 10.6 Å². The van der Waals surface area contributed by atoms with Crippen molar-refractivity contribution >= 4 is 21.8 Å². The molecule has 1 aromatic carbocycles. The van der Waals surface area contributed by atoms with E-state index in [2.05, 4.69) is 15.6 Å². The fourth-order valence-electron chi connectivity index (χ4n) is 2.40. The summed E-state index contributed by atoms with van der Waals surface area (Å²) in [5, 5.41) is 5.42. The van der Waals surface area contributed by atoms with Crippen molar-refractivity contribution in [2.24, 2.45) is 0 Å². The van der Waals surface area contributed by atoms with E-state index in [1.165, 1.54) is 35.6 Å². The Bertz CT molecular complexity index is 929. The Balaban J connectivity index is 1.83. The predicted octanol–water partition coefficient (Wildman–Crippen LogP) is 1.55. The number of sulfonamides is 1. The third-order valence-electron chi connectivity index (χ3n) is 4.40. The van der Waals surface area contributed by atoms with E-state index in [1.807, 2.05) is 12.1 Å². The van der Waals surface area contributed by atoms with E-state index in [0.717, 1.165) is 5.56 Å². The molecule has 0 radical (unpaired) electrons. The molecule has 2 N–H and O–H groups in total. The molecule has 2 amide bonds. The van der Waals surface area contributed by atoms with E-state index in [-0.39, 0.29) is 35.7 Å². The molecule has 8 nitrogen and oxygen atoms in total. The Labute approximate surface area is 171 Å². The van der Waals surface area contributed by atoms with Crippen LogP contribution >= 0.6 is 0 Å². The van der Waals surface area contributed by atoms with Crippen LogP contribution in [0.25, 0.3) is 0 Å². The molecule has 156 valence electrons. The largest absolute Gasteiger partial charge is 0.352 e. The van der Waals surface area contributed by atoms with Crippen molar-refractivity contribution < 1.29 is 18.0 Å². The molecule has 1 heterocycles. The lowest BCUT2D eigenvalue weighted by atomic mass is 10.2. The molecule has 0 saturated heterocycles. The summed E-state index contributed by atoms with van der Waals surface area (Å²) in [5.41, 5.74) is 1.27. The van der Waals surface area contributed by atoms with Gasteiger partial charge in [-0.25, -0.2) is 8.42 Å². The summed E-state index contributed by atoms with van der Waals surface area (Å²) < 4.78 is 26.2. The average Bonchev–Trinajstić information content (AvgIpc) is 2.72. The summed E-state index contributed by atoms with van der Waals surface area (Å²) in [6.45, 7) is 4.15. The Hall–Kier alpha value is -2.78. The fraction of sp³-hybridized carbons (Fsp3) is 0.350. The van der Waals surface area contributed by atoms with E-state index < -0.39 is 10.0 Å². The zero-order valence-electron chi connectivity index (χ0n) is 16.8. The molecule has 0 aliphatic rings. The number of amides is 2. The van der Waals surface area contributed by atoms with Crippen LogP contribution in [0.5, 0.6) is 0 Å². The monoisotopic (exact) mass is 418 g/mol. The van der Waals surface area contributed by atoms with Crippen LogP contribution in [0, 0.1) is 0 Å². The molecular formula is C20H26N4O4S. The molecule has 0 aliphatic carbocycles. The number of carbonyl (C=O) groups excluding carboxylic acids is 2. The van der Waals surface area contributed by atoms with Crippen LogP contribution in [-0.4, -0.2) is 49.2 Å². The molecular weight excluding hydrogens is 392 g/mol. The highest BCUT2D eigenvalue weighted by molar-refractivity contribution is 7.89. The lowest BCUT2D eigenvalue weighted by Crippen LogP contribution is -2.33. The van der Waals surface area contributed by atoms with Gasteiger partial charge in [-0.15, -0.1) is 0 Å². The number of pyridine rings is 1. The number of hydrogen-bond donors (Lipinski definition) is 2. The average molecular weight is 419 g/mol. The summed E-state index contributed by atoms with van der Waals surface area (Å²) in [6, 6.07) is 9.18. The predicted molar refractivity (Wildman–Crippen MR) is 110 cm³/mol. The summed E-state index contributed by atoms with van der Waals surface area (Å²) in [5.74, 6) is -0.548. The summed E-state index contributed by atoms with van der Waals surface area (Å²) >= 11 is 0. The third-order valence-corrected chi connectivity index (χ3v) is 6.45. The number of rotatable bonds is 9. The minimum absolute atomic E-state index is 0.126. The highest BCUT2D eigenvalue weighted by atomic mass is 32.2. The Morgan fingerprint density at radius 3 is 2.24 bits per heavy atom. The maximum Gasteiger partial charge on any atom is 0.251 e. The van der Waals surface area contributed by atoms with Gasteiger partial charge in [-0.1, -0.05) is 0 Å². The Morgan fingerprint density at radius 1 is 1.03 bits per heavy atom. The van der Waals surface area contributed by atoms with Gasteiger partial charge in [0.2, 0.25) is 15.9 Å². The minimum Gasteiger partial charge on any atom is -0.352 e. The van der Waals surface area contributed by atoms with Gasteiger partial charge in [0.05, 0.1) is 4.90 Å². The summed E-state index contributed by atoms with van der Waals surface area (Å²) in [7, 11) is -2.08. The first-order valence-corrected chi connectivity index (χ1v) is 10.7. The Morgan fingerprint density at radius 2 is 1.66 bits per heavy atom. The number of aromatic nitrogens is 1. The highest BCUT2D eigenvalue weighted by Gasteiger charge is 2.23. The van der Waals surface area contributed by atoms with Crippen molar-refractivity contribution in [2.75, 3.05) is 13.6 Å². The number of carbonyl (C=O) groups is 2.